The summed E-state index contributed by atoms with van der Waals surface area (Å²) in [5.41, 5.74) is -1.08. The van der Waals surface area contributed by atoms with Gasteiger partial charge in [0.25, 0.3) is 5.91 Å². The van der Waals surface area contributed by atoms with Gasteiger partial charge in [-0.25, -0.2) is 8.78 Å². The molecule has 0 aliphatic rings. The molecule has 0 bridgehead atoms. The van der Waals surface area contributed by atoms with Gasteiger partial charge >= 0.3 is 12.3 Å². The molecule has 0 saturated heterocycles. The number of rotatable bonds is 4. The molecule has 0 spiro atoms. The molecule has 0 aromatic carbocycles. The SMILES string of the molecule is CC(C)(C#N)CNC(=O)C(F)(F)C(F)F. The van der Waals surface area contributed by atoms with Crippen LogP contribution >= 0.6 is 0 Å². The van der Waals surface area contributed by atoms with Crippen LogP contribution in [0.3, 0.4) is 0 Å². The molecule has 0 rings (SSSR count). The smallest absolute Gasteiger partial charge is 0.349 e. The van der Waals surface area contributed by atoms with Gasteiger partial charge in [0.2, 0.25) is 0 Å². The maximum absolute atomic E-state index is 12.4. The van der Waals surface area contributed by atoms with Crippen molar-refractivity contribution in [1.82, 2.24) is 5.32 Å². The lowest BCUT2D eigenvalue weighted by atomic mass is 9.96. The van der Waals surface area contributed by atoms with Crippen molar-refractivity contribution in [3.8, 4) is 6.07 Å². The maximum Gasteiger partial charge on any atom is 0.383 e. The van der Waals surface area contributed by atoms with Gasteiger partial charge in [0.1, 0.15) is 0 Å². The number of carbonyl (C=O) groups is 1. The Hall–Kier alpha value is -1.32. The van der Waals surface area contributed by atoms with Crippen molar-refractivity contribution in [1.29, 1.82) is 5.26 Å². The number of nitrogens with zero attached hydrogens (tertiary/aromatic N) is 1. The molecular weight excluding hydrogens is 216 g/mol. The zero-order valence-corrected chi connectivity index (χ0v) is 8.15. The van der Waals surface area contributed by atoms with Crippen LogP contribution in [0.25, 0.3) is 0 Å². The van der Waals surface area contributed by atoms with Gasteiger partial charge in [-0.05, 0) is 13.8 Å². The van der Waals surface area contributed by atoms with Gasteiger partial charge < -0.3 is 5.32 Å². The summed E-state index contributed by atoms with van der Waals surface area (Å²) < 4.78 is 48.1. The highest BCUT2D eigenvalue weighted by atomic mass is 19.3. The van der Waals surface area contributed by atoms with Gasteiger partial charge in [-0.3, -0.25) is 4.79 Å². The van der Waals surface area contributed by atoms with E-state index < -0.39 is 30.2 Å². The maximum atomic E-state index is 12.4. The highest BCUT2D eigenvalue weighted by Gasteiger charge is 2.49. The van der Waals surface area contributed by atoms with Crippen LogP contribution in [0.1, 0.15) is 13.8 Å². The first-order valence-electron chi connectivity index (χ1n) is 3.99. The highest BCUT2D eigenvalue weighted by Crippen LogP contribution is 2.23. The Bertz CT molecular complexity index is 283. The van der Waals surface area contributed by atoms with Gasteiger partial charge in [0, 0.05) is 6.54 Å². The fourth-order valence-electron chi connectivity index (χ4n) is 0.558. The number of carbonyl (C=O) groups excluding carboxylic acids is 1. The van der Waals surface area contributed by atoms with Crippen molar-refractivity contribution >= 4 is 5.91 Å². The molecule has 0 aromatic rings. The zero-order chi connectivity index (χ0) is 12.3. The second kappa shape index (κ2) is 4.47. The summed E-state index contributed by atoms with van der Waals surface area (Å²) in [6.07, 6.45) is -4.05. The molecule has 0 aliphatic carbocycles. The van der Waals surface area contributed by atoms with E-state index in [2.05, 4.69) is 0 Å². The third kappa shape index (κ3) is 3.73. The lowest BCUT2D eigenvalue weighted by Gasteiger charge is -2.19. The molecule has 15 heavy (non-hydrogen) atoms. The molecule has 0 heterocycles. The van der Waals surface area contributed by atoms with Crippen molar-refractivity contribution in [3.63, 3.8) is 0 Å². The summed E-state index contributed by atoms with van der Waals surface area (Å²) in [6, 6.07) is 1.73. The normalized spacial score (nSPS) is 12.4. The summed E-state index contributed by atoms with van der Waals surface area (Å²) in [4.78, 5) is 10.6. The molecule has 0 aliphatic heterocycles. The molecule has 0 saturated carbocycles. The second-order valence-corrected chi connectivity index (χ2v) is 3.60. The van der Waals surface area contributed by atoms with Crippen molar-refractivity contribution < 1.29 is 22.4 Å². The molecular formula is C8H10F4N2O. The van der Waals surface area contributed by atoms with Crippen molar-refractivity contribution in [2.45, 2.75) is 26.2 Å². The number of nitriles is 1. The van der Waals surface area contributed by atoms with Crippen LogP contribution in [0.4, 0.5) is 17.6 Å². The van der Waals surface area contributed by atoms with E-state index in [1.807, 2.05) is 0 Å². The Kier molecular flexibility index (Phi) is 4.07. The number of amides is 1. The molecule has 0 fully saturated rings. The number of hydrogen-bond acceptors (Lipinski definition) is 2. The van der Waals surface area contributed by atoms with E-state index in [0.717, 1.165) is 0 Å². The van der Waals surface area contributed by atoms with Crippen LogP contribution in [-0.2, 0) is 4.79 Å². The van der Waals surface area contributed by atoms with Crippen LogP contribution in [0.2, 0.25) is 0 Å². The minimum Gasteiger partial charge on any atom is -0.349 e. The predicted molar refractivity (Wildman–Crippen MR) is 43.4 cm³/mol. The Labute approximate surface area is 84.1 Å². The van der Waals surface area contributed by atoms with Crippen LogP contribution in [0.15, 0.2) is 0 Å². The lowest BCUT2D eigenvalue weighted by molar-refractivity contribution is -0.169. The lowest BCUT2D eigenvalue weighted by Crippen LogP contribution is -2.47. The Balaban J connectivity index is 4.36. The zero-order valence-electron chi connectivity index (χ0n) is 8.15. The second-order valence-electron chi connectivity index (χ2n) is 3.60. The summed E-state index contributed by atoms with van der Waals surface area (Å²) >= 11 is 0. The van der Waals surface area contributed by atoms with Gasteiger partial charge in [-0.15, -0.1) is 0 Å². The van der Waals surface area contributed by atoms with Gasteiger partial charge in [0.15, 0.2) is 0 Å². The molecule has 0 unspecified atom stereocenters. The molecule has 0 aromatic heterocycles. The average Bonchev–Trinajstić information content (AvgIpc) is 2.14. The molecule has 0 radical (unpaired) electrons. The number of alkyl halides is 4. The standard InChI is InChI=1S/C8H10F4N2O/c1-7(2,3-13)4-14-6(15)8(11,12)5(9)10/h5H,4H2,1-2H3,(H,14,15). The average molecular weight is 226 g/mol. The summed E-state index contributed by atoms with van der Waals surface area (Å²) in [5, 5.41) is 10.1. The van der Waals surface area contributed by atoms with E-state index in [9.17, 15) is 22.4 Å². The minimum atomic E-state index is -4.72. The Morgan fingerprint density at radius 1 is 1.47 bits per heavy atom. The fraction of sp³-hybridized carbons (Fsp3) is 0.750. The Morgan fingerprint density at radius 3 is 2.27 bits per heavy atom. The molecule has 0 atom stereocenters. The van der Waals surface area contributed by atoms with Crippen LogP contribution in [-0.4, -0.2) is 24.8 Å². The van der Waals surface area contributed by atoms with Crippen molar-refractivity contribution in [3.05, 3.63) is 0 Å². The molecule has 1 N–H and O–H groups in total. The van der Waals surface area contributed by atoms with Gasteiger partial charge in [0.05, 0.1) is 11.5 Å². The Morgan fingerprint density at radius 2 is 1.93 bits per heavy atom. The first-order valence-corrected chi connectivity index (χ1v) is 3.99. The summed E-state index contributed by atoms with van der Waals surface area (Å²) in [7, 11) is 0. The van der Waals surface area contributed by atoms with Crippen molar-refractivity contribution in [2.24, 2.45) is 5.41 Å². The minimum absolute atomic E-state index is 0.412. The predicted octanol–water partition coefficient (Wildman–Crippen LogP) is 1.55. The van der Waals surface area contributed by atoms with Gasteiger partial charge in [-0.2, -0.15) is 14.0 Å². The summed E-state index contributed by atoms with van der Waals surface area (Å²) in [5.74, 6) is -6.79. The first kappa shape index (κ1) is 13.7. The van der Waals surface area contributed by atoms with E-state index >= 15 is 0 Å². The van der Waals surface area contributed by atoms with E-state index in [-0.39, 0.29) is 0 Å². The molecule has 7 heteroatoms. The monoisotopic (exact) mass is 226 g/mol. The number of nitrogens with one attached hydrogen (secondary N) is 1. The topological polar surface area (TPSA) is 52.9 Å². The highest BCUT2D eigenvalue weighted by molar-refractivity contribution is 5.83. The number of halogens is 4. The molecule has 86 valence electrons. The van der Waals surface area contributed by atoms with E-state index in [4.69, 9.17) is 5.26 Å². The summed E-state index contributed by atoms with van der Waals surface area (Å²) in [6.45, 7) is 2.35. The molecule has 1 amide bonds. The van der Waals surface area contributed by atoms with Crippen molar-refractivity contribution in [2.75, 3.05) is 6.54 Å². The van der Waals surface area contributed by atoms with E-state index in [1.54, 1.807) is 11.4 Å². The van der Waals surface area contributed by atoms with Crippen LogP contribution < -0.4 is 5.32 Å². The quantitative estimate of drug-likeness (QED) is 0.739. The van der Waals surface area contributed by atoms with E-state index in [1.165, 1.54) is 13.8 Å². The number of hydrogen-bond donors (Lipinski definition) is 1. The molecule has 3 nitrogen and oxygen atoms in total. The van der Waals surface area contributed by atoms with E-state index in [0.29, 0.717) is 0 Å². The third-order valence-electron chi connectivity index (χ3n) is 1.57. The fourth-order valence-corrected chi connectivity index (χ4v) is 0.558. The van der Waals surface area contributed by atoms with Crippen LogP contribution in [0.5, 0.6) is 0 Å². The first-order chi connectivity index (χ1) is 6.63. The largest absolute Gasteiger partial charge is 0.383 e. The van der Waals surface area contributed by atoms with Gasteiger partial charge in [-0.1, -0.05) is 0 Å². The van der Waals surface area contributed by atoms with Crippen LogP contribution in [0, 0.1) is 16.7 Å². The third-order valence-corrected chi connectivity index (χ3v) is 1.57.